The third-order valence-corrected chi connectivity index (χ3v) is 4.42. The molecular weight excluding hydrogens is 276 g/mol. The van der Waals surface area contributed by atoms with Crippen molar-refractivity contribution in [3.05, 3.63) is 28.8 Å². The van der Waals surface area contributed by atoms with Crippen LogP contribution in [0.4, 0.5) is 0 Å². The second-order valence-electron chi connectivity index (χ2n) is 5.49. The first kappa shape index (κ1) is 15.2. The van der Waals surface area contributed by atoms with Gasteiger partial charge in [-0.3, -0.25) is 4.79 Å². The second kappa shape index (κ2) is 6.98. The molecule has 0 heterocycles. The molecule has 0 aliphatic heterocycles. The van der Waals surface area contributed by atoms with Crippen molar-refractivity contribution in [1.82, 2.24) is 0 Å². The fraction of sp³-hybridized carbons (Fsp3) is 0.562. The SMILES string of the molecule is COc1ccc(Cl)cc1C1CCCCCC1CC(=O)O. The summed E-state index contributed by atoms with van der Waals surface area (Å²) >= 11 is 6.12. The van der Waals surface area contributed by atoms with Gasteiger partial charge in [0.05, 0.1) is 7.11 Å². The van der Waals surface area contributed by atoms with Gasteiger partial charge in [-0.15, -0.1) is 0 Å². The Bertz CT molecular complexity index is 473. The Morgan fingerprint density at radius 3 is 2.80 bits per heavy atom. The van der Waals surface area contributed by atoms with Gasteiger partial charge in [-0.1, -0.05) is 30.9 Å². The van der Waals surface area contributed by atoms with Gasteiger partial charge < -0.3 is 9.84 Å². The monoisotopic (exact) mass is 296 g/mol. The maximum absolute atomic E-state index is 11.1. The zero-order valence-corrected chi connectivity index (χ0v) is 12.5. The van der Waals surface area contributed by atoms with Crippen LogP contribution >= 0.6 is 11.6 Å². The van der Waals surface area contributed by atoms with E-state index >= 15 is 0 Å². The topological polar surface area (TPSA) is 46.5 Å². The van der Waals surface area contributed by atoms with Crippen LogP contribution in [0.5, 0.6) is 5.75 Å². The van der Waals surface area contributed by atoms with Crippen LogP contribution in [0.3, 0.4) is 0 Å². The highest BCUT2D eigenvalue weighted by atomic mass is 35.5. The highest BCUT2D eigenvalue weighted by Gasteiger charge is 2.29. The van der Waals surface area contributed by atoms with E-state index < -0.39 is 5.97 Å². The Balaban J connectivity index is 2.34. The Morgan fingerprint density at radius 2 is 2.10 bits per heavy atom. The first-order valence-electron chi connectivity index (χ1n) is 7.17. The number of carbonyl (C=O) groups is 1. The molecule has 1 saturated carbocycles. The molecule has 1 aliphatic rings. The van der Waals surface area contributed by atoms with Crippen LogP contribution in [-0.2, 0) is 4.79 Å². The molecule has 0 saturated heterocycles. The number of ether oxygens (including phenoxy) is 1. The van der Waals surface area contributed by atoms with Crippen LogP contribution in [0.15, 0.2) is 18.2 Å². The molecule has 1 aromatic carbocycles. The lowest BCUT2D eigenvalue weighted by molar-refractivity contribution is -0.138. The summed E-state index contributed by atoms with van der Waals surface area (Å²) in [4.78, 5) is 11.1. The Morgan fingerprint density at radius 1 is 1.35 bits per heavy atom. The average molecular weight is 297 g/mol. The van der Waals surface area contributed by atoms with Crippen LogP contribution in [0.1, 0.15) is 50.0 Å². The molecule has 2 unspecified atom stereocenters. The van der Waals surface area contributed by atoms with E-state index in [1.54, 1.807) is 7.11 Å². The quantitative estimate of drug-likeness (QED) is 0.833. The minimum absolute atomic E-state index is 0.169. The molecule has 3 nitrogen and oxygen atoms in total. The van der Waals surface area contributed by atoms with E-state index in [0.717, 1.165) is 37.0 Å². The van der Waals surface area contributed by atoms with Crippen molar-refractivity contribution < 1.29 is 14.6 Å². The largest absolute Gasteiger partial charge is 0.496 e. The zero-order chi connectivity index (χ0) is 14.5. The molecule has 0 radical (unpaired) electrons. The fourth-order valence-electron chi connectivity index (χ4n) is 3.26. The number of methoxy groups -OCH3 is 1. The van der Waals surface area contributed by atoms with E-state index in [2.05, 4.69) is 0 Å². The fourth-order valence-corrected chi connectivity index (χ4v) is 3.44. The third-order valence-electron chi connectivity index (χ3n) is 4.19. The summed E-state index contributed by atoms with van der Waals surface area (Å²) in [5.41, 5.74) is 1.06. The van der Waals surface area contributed by atoms with Crippen LogP contribution in [0, 0.1) is 5.92 Å². The first-order chi connectivity index (χ1) is 9.61. The molecule has 110 valence electrons. The van der Waals surface area contributed by atoms with Crippen molar-refractivity contribution in [3.63, 3.8) is 0 Å². The molecule has 20 heavy (non-hydrogen) atoms. The molecule has 0 bridgehead atoms. The number of halogens is 1. The minimum Gasteiger partial charge on any atom is -0.496 e. The maximum Gasteiger partial charge on any atom is 0.303 e. The molecule has 1 aromatic rings. The number of benzene rings is 1. The molecular formula is C16H21ClO3. The lowest BCUT2D eigenvalue weighted by Gasteiger charge is -2.26. The first-order valence-corrected chi connectivity index (χ1v) is 7.55. The van der Waals surface area contributed by atoms with Crippen molar-refractivity contribution in [2.45, 2.75) is 44.4 Å². The number of aliphatic carboxylic acids is 1. The standard InChI is InChI=1S/C16H21ClO3/c1-20-15-8-7-12(17)10-14(15)13-6-4-2-3-5-11(13)9-16(18)19/h7-8,10-11,13H,2-6,9H2,1H3,(H,18,19). The van der Waals surface area contributed by atoms with Gasteiger partial charge in [0.1, 0.15) is 5.75 Å². The van der Waals surface area contributed by atoms with E-state index in [4.69, 9.17) is 21.4 Å². The molecule has 0 spiro atoms. The second-order valence-corrected chi connectivity index (χ2v) is 5.93. The molecule has 2 atom stereocenters. The van der Waals surface area contributed by atoms with Gasteiger partial charge in [-0.25, -0.2) is 0 Å². The minimum atomic E-state index is -0.720. The van der Waals surface area contributed by atoms with Crippen molar-refractivity contribution >= 4 is 17.6 Å². The van der Waals surface area contributed by atoms with Crippen molar-refractivity contribution in [2.75, 3.05) is 7.11 Å². The van der Waals surface area contributed by atoms with Crippen molar-refractivity contribution in [1.29, 1.82) is 0 Å². The summed E-state index contributed by atoms with van der Waals surface area (Å²) < 4.78 is 5.44. The summed E-state index contributed by atoms with van der Waals surface area (Å²) in [5, 5.41) is 9.83. The number of carboxylic acids is 1. The summed E-state index contributed by atoms with van der Waals surface area (Å²) in [6.07, 6.45) is 5.62. The van der Waals surface area contributed by atoms with E-state index in [1.807, 2.05) is 18.2 Å². The van der Waals surface area contributed by atoms with Gasteiger partial charge in [0.15, 0.2) is 0 Å². The highest BCUT2D eigenvalue weighted by molar-refractivity contribution is 6.30. The number of carboxylic acid groups (broad SMARTS) is 1. The van der Waals surface area contributed by atoms with Gasteiger partial charge in [0.2, 0.25) is 0 Å². The number of rotatable bonds is 4. The van der Waals surface area contributed by atoms with E-state index in [0.29, 0.717) is 5.02 Å². The Hall–Kier alpha value is -1.22. The lowest BCUT2D eigenvalue weighted by Crippen LogP contribution is -2.16. The maximum atomic E-state index is 11.1. The number of hydrogen-bond acceptors (Lipinski definition) is 2. The van der Waals surface area contributed by atoms with Crippen molar-refractivity contribution in [2.24, 2.45) is 5.92 Å². The summed E-state index contributed by atoms with van der Waals surface area (Å²) in [7, 11) is 1.65. The van der Waals surface area contributed by atoms with Gasteiger partial charge in [-0.05, 0) is 48.4 Å². The molecule has 1 N–H and O–H groups in total. The van der Waals surface area contributed by atoms with Gasteiger partial charge in [0, 0.05) is 11.4 Å². The molecule has 1 fully saturated rings. The molecule has 0 aromatic heterocycles. The predicted molar refractivity (Wildman–Crippen MR) is 79.6 cm³/mol. The summed E-state index contributed by atoms with van der Waals surface area (Å²) in [6.45, 7) is 0. The Labute approximate surface area is 124 Å². The van der Waals surface area contributed by atoms with Crippen molar-refractivity contribution in [3.8, 4) is 5.75 Å². The number of hydrogen-bond donors (Lipinski definition) is 1. The van der Waals surface area contributed by atoms with Crippen LogP contribution in [0.2, 0.25) is 5.02 Å². The molecule has 4 heteroatoms. The predicted octanol–water partition coefficient (Wildman–Crippen LogP) is 4.49. The normalized spacial score (nSPS) is 23.1. The summed E-state index contributed by atoms with van der Waals surface area (Å²) in [6, 6.07) is 5.62. The zero-order valence-electron chi connectivity index (χ0n) is 11.8. The smallest absolute Gasteiger partial charge is 0.303 e. The van der Waals surface area contributed by atoms with E-state index in [-0.39, 0.29) is 18.3 Å². The van der Waals surface area contributed by atoms with Crippen LogP contribution in [-0.4, -0.2) is 18.2 Å². The van der Waals surface area contributed by atoms with Crippen LogP contribution in [0.25, 0.3) is 0 Å². The van der Waals surface area contributed by atoms with Gasteiger partial charge >= 0.3 is 5.97 Å². The third kappa shape index (κ3) is 3.66. The van der Waals surface area contributed by atoms with Gasteiger partial charge in [-0.2, -0.15) is 0 Å². The van der Waals surface area contributed by atoms with Crippen LogP contribution < -0.4 is 4.74 Å². The Kier molecular flexibility index (Phi) is 5.30. The van der Waals surface area contributed by atoms with Gasteiger partial charge in [0.25, 0.3) is 0 Å². The average Bonchev–Trinajstić information content (AvgIpc) is 2.63. The highest BCUT2D eigenvalue weighted by Crippen LogP contribution is 2.42. The molecule has 1 aliphatic carbocycles. The molecule has 2 rings (SSSR count). The van der Waals surface area contributed by atoms with E-state index in [1.165, 1.54) is 6.42 Å². The van der Waals surface area contributed by atoms with E-state index in [9.17, 15) is 4.79 Å². The molecule has 0 amide bonds. The lowest BCUT2D eigenvalue weighted by atomic mass is 9.80. The summed E-state index contributed by atoms with van der Waals surface area (Å²) in [5.74, 6) is 0.490.